The molecule has 0 aromatic heterocycles. The van der Waals surface area contributed by atoms with Gasteiger partial charge in [-0.25, -0.2) is 0 Å². The van der Waals surface area contributed by atoms with Crippen molar-refractivity contribution in [3.05, 3.63) is 64.7 Å². The summed E-state index contributed by atoms with van der Waals surface area (Å²) in [6.45, 7) is 2.52. The van der Waals surface area contributed by atoms with E-state index in [2.05, 4.69) is 0 Å². The average molecular weight is 277 g/mol. The van der Waals surface area contributed by atoms with Crippen LogP contribution in [0.3, 0.4) is 0 Å². The molecule has 3 heteroatoms. The quantitative estimate of drug-likeness (QED) is 0.894. The molecule has 1 atom stereocenters. The summed E-state index contributed by atoms with van der Waals surface area (Å²) in [6, 6.07) is 15.1. The third-order valence-corrected chi connectivity index (χ3v) is 3.17. The number of ether oxygens (including phenoxy) is 1. The normalized spacial score (nSPS) is 12.2. The molecule has 0 saturated heterocycles. The van der Waals surface area contributed by atoms with Gasteiger partial charge < -0.3 is 9.84 Å². The van der Waals surface area contributed by atoms with Gasteiger partial charge in [-0.1, -0.05) is 41.9 Å². The van der Waals surface area contributed by atoms with E-state index in [9.17, 15) is 5.11 Å². The van der Waals surface area contributed by atoms with Gasteiger partial charge in [0.1, 0.15) is 5.75 Å². The molecule has 0 bridgehead atoms. The van der Waals surface area contributed by atoms with Gasteiger partial charge in [0, 0.05) is 17.0 Å². The van der Waals surface area contributed by atoms with Crippen LogP contribution in [0.15, 0.2) is 48.5 Å². The summed E-state index contributed by atoms with van der Waals surface area (Å²) in [6.07, 6.45) is -0.0368. The Bertz CT molecular complexity index is 523. The fraction of sp³-hybridized carbons (Fsp3) is 0.250. The Balaban J connectivity index is 2.15. The van der Waals surface area contributed by atoms with Gasteiger partial charge in [0.15, 0.2) is 0 Å². The molecule has 2 rings (SSSR count). The highest BCUT2D eigenvalue weighted by atomic mass is 35.5. The summed E-state index contributed by atoms with van der Waals surface area (Å²) in [5.74, 6) is 0.742. The first-order chi connectivity index (χ1) is 9.20. The maximum atomic E-state index is 10.3. The van der Waals surface area contributed by atoms with Gasteiger partial charge in [-0.05, 0) is 30.7 Å². The second-order valence-corrected chi connectivity index (χ2v) is 4.75. The van der Waals surface area contributed by atoms with E-state index in [0.717, 1.165) is 16.9 Å². The summed E-state index contributed by atoms with van der Waals surface area (Å²) in [7, 11) is 0. The highest BCUT2D eigenvalue weighted by molar-refractivity contribution is 6.30. The Hall–Kier alpha value is -1.51. The Labute approximate surface area is 118 Å². The van der Waals surface area contributed by atoms with E-state index in [1.807, 2.05) is 55.5 Å². The number of hydrogen-bond donors (Lipinski definition) is 1. The Morgan fingerprint density at radius 2 is 1.79 bits per heavy atom. The maximum absolute atomic E-state index is 10.3. The lowest BCUT2D eigenvalue weighted by Crippen LogP contribution is -2.05. The first kappa shape index (κ1) is 13.9. The van der Waals surface area contributed by atoms with Crippen LogP contribution in [0.25, 0.3) is 0 Å². The minimum atomic E-state index is -0.580. The molecule has 19 heavy (non-hydrogen) atoms. The zero-order chi connectivity index (χ0) is 13.7. The van der Waals surface area contributed by atoms with Gasteiger partial charge in [0.25, 0.3) is 0 Å². The average Bonchev–Trinajstić information content (AvgIpc) is 2.42. The lowest BCUT2D eigenvalue weighted by atomic mass is 10.0. The van der Waals surface area contributed by atoms with Crippen molar-refractivity contribution >= 4 is 11.6 Å². The fourth-order valence-electron chi connectivity index (χ4n) is 2.00. The Kier molecular flexibility index (Phi) is 4.83. The van der Waals surface area contributed by atoms with Crippen LogP contribution in [0.1, 0.15) is 24.2 Å². The Morgan fingerprint density at radius 1 is 1.11 bits per heavy atom. The summed E-state index contributed by atoms with van der Waals surface area (Å²) >= 11 is 5.85. The number of benzene rings is 2. The van der Waals surface area contributed by atoms with Crippen LogP contribution in [0.5, 0.6) is 5.75 Å². The molecule has 0 saturated carbocycles. The summed E-state index contributed by atoms with van der Waals surface area (Å²) in [5, 5.41) is 11.0. The van der Waals surface area contributed by atoms with Crippen molar-refractivity contribution in [1.82, 2.24) is 0 Å². The largest absolute Gasteiger partial charge is 0.493 e. The van der Waals surface area contributed by atoms with Crippen molar-refractivity contribution in [2.75, 3.05) is 6.61 Å². The molecule has 2 nitrogen and oxygen atoms in total. The van der Waals surface area contributed by atoms with Gasteiger partial charge in [-0.15, -0.1) is 0 Å². The first-order valence-corrected chi connectivity index (χ1v) is 6.72. The number of hydrogen-bond acceptors (Lipinski definition) is 2. The van der Waals surface area contributed by atoms with E-state index in [-0.39, 0.29) is 0 Å². The van der Waals surface area contributed by atoms with E-state index < -0.39 is 6.10 Å². The van der Waals surface area contributed by atoms with E-state index in [1.165, 1.54) is 0 Å². The molecule has 0 radical (unpaired) electrons. The smallest absolute Gasteiger partial charge is 0.125 e. The third-order valence-electron chi connectivity index (χ3n) is 2.92. The van der Waals surface area contributed by atoms with Gasteiger partial charge in [0.05, 0.1) is 12.7 Å². The predicted octanol–water partition coefficient (Wildman–Crippen LogP) is 4.01. The maximum Gasteiger partial charge on any atom is 0.125 e. The molecular formula is C16H17ClO2. The van der Waals surface area contributed by atoms with E-state index >= 15 is 0 Å². The summed E-state index contributed by atoms with van der Waals surface area (Å²) in [5.41, 5.74) is 1.86. The van der Waals surface area contributed by atoms with Crippen LogP contribution >= 0.6 is 11.6 Å². The lowest BCUT2D eigenvalue weighted by molar-refractivity contribution is 0.172. The predicted molar refractivity (Wildman–Crippen MR) is 77.7 cm³/mol. The molecule has 0 aliphatic carbocycles. The highest BCUT2D eigenvalue weighted by Gasteiger charge is 2.13. The Morgan fingerprint density at radius 3 is 2.47 bits per heavy atom. The number of halogens is 1. The SMILES string of the molecule is CCOc1ccccc1C(O)Cc1ccc(Cl)cc1. The number of rotatable bonds is 5. The minimum Gasteiger partial charge on any atom is -0.493 e. The van der Waals surface area contributed by atoms with Crippen molar-refractivity contribution in [3.63, 3.8) is 0 Å². The highest BCUT2D eigenvalue weighted by Crippen LogP contribution is 2.27. The van der Waals surface area contributed by atoms with Crippen LogP contribution in [0, 0.1) is 0 Å². The topological polar surface area (TPSA) is 29.5 Å². The molecule has 1 unspecified atom stereocenters. The lowest BCUT2D eigenvalue weighted by Gasteiger charge is -2.15. The van der Waals surface area contributed by atoms with Gasteiger partial charge in [0.2, 0.25) is 0 Å². The second kappa shape index (κ2) is 6.60. The van der Waals surface area contributed by atoms with Crippen molar-refractivity contribution in [1.29, 1.82) is 0 Å². The molecule has 100 valence electrons. The molecule has 0 amide bonds. The fourth-order valence-corrected chi connectivity index (χ4v) is 2.12. The molecule has 2 aromatic carbocycles. The molecule has 2 aromatic rings. The molecule has 0 fully saturated rings. The molecule has 0 heterocycles. The van der Waals surface area contributed by atoms with Gasteiger partial charge in [-0.3, -0.25) is 0 Å². The molecular weight excluding hydrogens is 260 g/mol. The van der Waals surface area contributed by atoms with E-state index in [1.54, 1.807) is 0 Å². The molecule has 1 N–H and O–H groups in total. The number of aliphatic hydroxyl groups excluding tert-OH is 1. The van der Waals surface area contributed by atoms with Crippen LogP contribution in [0.4, 0.5) is 0 Å². The first-order valence-electron chi connectivity index (χ1n) is 6.35. The van der Waals surface area contributed by atoms with Crippen molar-refractivity contribution in [2.45, 2.75) is 19.4 Å². The third kappa shape index (κ3) is 3.72. The van der Waals surface area contributed by atoms with Gasteiger partial charge in [-0.2, -0.15) is 0 Å². The second-order valence-electron chi connectivity index (χ2n) is 4.32. The van der Waals surface area contributed by atoms with Crippen LogP contribution in [-0.2, 0) is 6.42 Å². The van der Waals surface area contributed by atoms with Crippen LogP contribution in [-0.4, -0.2) is 11.7 Å². The number of para-hydroxylation sites is 1. The van der Waals surface area contributed by atoms with Crippen LogP contribution < -0.4 is 4.74 Å². The van der Waals surface area contributed by atoms with Crippen LogP contribution in [0.2, 0.25) is 5.02 Å². The molecule has 0 aliphatic rings. The van der Waals surface area contributed by atoms with E-state index in [0.29, 0.717) is 18.1 Å². The van der Waals surface area contributed by atoms with Crippen molar-refractivity contribution in [3.8, 4) is 5.75 Å². The zero-order valence-corrected chi connectivity index (χ0v) is 11.6. The standard InChI is InChI=1S/C16H17ClO2/c1-2-19-16-6-4-3-5-14(16)15(18)11-12-7-9-13(17)10-8-12/h3-10,15,18H,2,11H2,1H3. The monoisotopic (exact) mass is 276 g/mol. The molecule has 0 aliphatic heterocycles. The number of aliphatic hydroxyl groups is 1. The summed E-state index contributed by atoms with van der Waals surface area (Å²) in [4.78, 5) is 0. The van der Waals surface area contributed by atoms with Crippen molar-refractivity contribution in [2.24, 2.45) is 0 Å². The molecule has 0 spiro atoms. The van der Waals surface area contributed by atoms with E-state index in [4.69, 9.17) is 16.3 Å². The minimum absolute atomic E-state index is 0.543. The van der Waals surface area contributed by atoms with Gasteiger partial charge >= 0.3 is 0 Å². The zero-order valence-electron chi connectivity index (χ0n) is 10.8. The van der Waals surface area contributed by atoms with Crippen molar-refractivity contribution < 1.29 is 9.84 Å². The summed E-state index contributed by atoms with van der Waals surface area (Å²) < 4.78 is 5.53.